The molecule has 1 aromatic heterocycles. The second-order valence-electron chi connectivity index (χ2n) is 3.70. The zero-order chi connectivity index (χ0) is 13.0. The highest BCUT2D eigenvalue weighted by Gasteiger charge is 2.10. The number of nitrogens with one attached hydrogen (secondary N) is 1. The summed E-state index contributed by atoms with van der Waals surface area (Å²) in [6, 6.07) is 6.08. The van der Waals surface area contributed by atoms with E-state index in [-0.39, 0.29) is 0 Å². The molecule has 0 saturated heterocycles. The number of ether oxygens (including phenoxy) is 1. The maximum atomic E-state index is 5.17. The first-order chi connectivity index (χ1) is 8.74. The largest absolute Gasteiger partial charge is 0.496 e. The average molecular weight is 312 g/mol. The van der Waals surface area contributed by atoms with Crippen LogP contribution in [0, 0.1) is 0 Å². The lowest BCUT2D eigenvalue weighted by atomic mass is 10.2. The zero-order valence-corrected chi connectivity index (χ0v) is 11.8. The van der Waals surface area contributed by atoms with Crippen molar-refractivity contribution in [1.29, 1.82) is 0 Å². The number of hydrogen-bond donors (Lipinski definition) is 1. The highest BCUT2D eigenvalue weighted by molar-refractivity contribution is 9.10. The van der Waals surface area contributed by atoms with E-state index in [1.165, 1.54) is 0 Å². The van der Waals surface area contributed by atoms with Crippen LogP contribution < -0.4 is 10.1 Å². The predicted octanol–water partition coefficient (Wildman–Crippen LogP) is 3.33. The summed E-state index contributed by atoms with van der Waals surface area (Å²) in [4.78, 5) is 4.26. The molecule has 2 aromatic rings. The topological polar surface area (TPSA) is 60.2 Å². The molecule has 0 atom stereocenters. The summed E-state index contributed by atoms with van der Waals surface area (Å²) in [5.74, 6) is 1.32. The second-order valence-corrected chi connectivity index (χ2v) is 4.55. The Morgan fingerprint density at radius 1 is 1.44 bits per heavy atom. The molecule has 0 saturated carbocycles. The van der Waals surface area contributed by atoms with Crippen LogP contribution in [-0.4, -0.2) is 23.8 Å². The van der Waals surface area contributed by atoms with E-state index >= 15 is 0 Å². The van der Waals surface area contributed by atoms with Crippen LogP contribution in [0.3, 0.4) is 0 Å². The lowest BCUT2D eigenvalue weighted by Crippen LogP contribution is -1.99. The fourth-order valence-electron chi connectivity index (χ4n) is 1.45. The molecule has 0 unspecified atom stereocenters. The van der Waals surface area contributed by atoms with Gasteiger partial charge in [-0.25, -0.2) is 0 Å². The third-order valence-corrected chi connectivity index (χ3v) is 2.98. The molecule has 0 amide bonds. The minimum absolute atomic E-state index is 0.443. The molecule has 18 heavy (non-hydrogen) atoms. The third kappa shape index (κ3) is 2.81. The van der Waals surface area contributed by atoms with Crippen molar-refractivity contribution in [3.05, 3.63) is 22.7 Å². The Balaban J connectivity index is 2.20. The Kier molecular flexibility index (Phi) is 4.19. The molecule has 0 aliphatic heterocycles. The van der Waals surface area contributed by atoms with Crippen molar-refractivity contribution >= 4 is 21.9 Å². The normalized spacial score (nSPS) is 10.4. The fourth-order valence-corrected chi connectivity index (χ4v) is 1.99. The third-order valence-electron chi connectivity index (χ3n) is 2.36. The van der Waals surface area contributed by atoms with E-state index in [1.807, 2.05) is 18.2 Å². The maximum Gasteiger partial charge on any atom is 0.321 e. The van der Waals surface area contributed by atoms with Gasteiger partial charge in [-0.15, -0.1) is 0 Å². The number of anilines is 1. The van der Waals surface area contributed by atoms with Gasteiger partial charge in [-0.05, 0) is 40.5 Å². The van der Waals surface area contributed by atoms with Gasteiger partial charge in [0.25, 0.3) is 0 Å². The molecule has 1 heterocycles. The lowest BCUT2D eigenvalue weighted by Gasteiger charge is -2.03. The van der Waals surface area contributed by atoms with E-state index < -0.39 is 0 Å². The van der Waals surface area contributed by atoms with Crippen LogP contribution in [0.2, 0.25) is 0 Å². The van der Waals surface area contributed by atoms with Crippen molar-refractivity contribution < 1.29 is 9.26 Å². The smallest absolute Gasteiger partial charge is 0.321 e. The summed E-state index contributed by atoms with van der Waals surface area (Å²) in [6.07, 6.45) is 1.01. The molecule has 0 spiro atoms. The van der Waals surface area contributed by atoms with Crippen molar-refractivity contribution in [3.8, 4) is 17.1 Å². The van der Waals surface area contributed by atoms with Gasteiger partial charge in [0.15, 0.2) is 0 Å². The highest BCUT2D eigenvalue weighted by atomic mass is 79.9. The molecule has 0 fully saturated rings. The van der Waals surface area contributed by atoms with E-state index in [1.54, 1.807) is 7.11 Å². The SMILES string of the molecule is CCCNc1nc(-c2ccc(OC)c(Br)c2)no1. The molecular weight excluding hydrogens is 298 g/mol. The van der Waals surface area contributed by atoms with Gasteiger partial charge >= 0.3 is 6.01 Å². The van der Waals surface area contributed by atoms with E-state index in [0.717, 1.165) is 28.8 Å². The highest BCUT2D eigenvalue weighted by Crippen LogP contribution is 2.29. The second kappa shape index (κ2) is 5.86. The molecule has 1 aromatic carbocycles. The standard InChI is InChI=1S/C12H14BrN3O2/c1-3-6-14-12-15-11(16-18-12)8-4-5-10(17-2)9(13)7-8/h4-5,7H,3,6H2,1-2H3,(H,14,15,16). The van der Waals surface area contributed by atoms with Crippen LogP contribution in [0.4, 0.5) is 6.01 Å². The van der Waals surface area contributed by atoms with E-state index in [4.69, 9.17) is 9.26 Å². The van der Waals surface area contributed by atoms with Gasteiger partial charge in [0, 0.05) is 12.1 Å². The minimum Gasteiger partial charge on any atom is -0.496 e. The number of aromatic nitrogens is 2. The monoisotopic (exact) mass is 311 g/mol. The van der Waals surface area contributed by atoms with Crippen LogP contribution >= 0.6 is 15.9 Å². The summed E-state index contributed by atoms with van der Waals surface area (Å²) in [5, 5.41) is 6.97. The molecule has 0 radical (unpaired) electrons. The molecule has 0 aliphatic rings. The zero-order valence-electron chi connectivity index (χ0n) is 10.2. The molecule has 1 N–H and O–H groups in total. The van der Waals surface area contributed by atoms with Crippen LogP contribution in [0.5, 0.6) is 5.75 Å². The average Bonchev–Trinajstić information content (AvgIpc) is 2.85. The number of benzene rings is 1. The number of rotatable bonds is 5. The van der Waals surface area contributed by atoms with Crippen molar-refractivity contribution in [2.45, 2.75) is 13.3 Å². The maximum absolute atomic E-state index is 5.17. The van der Waals surface area contributed by atoms with Gasteiger partial charge in [0.05, 0.1) is 11.6 Å². The number of halogens is 1. The first-order valence-corrected chi connectivity index (χ1v) is 6.45. The number of nitrogens with zero attached hydrogens (tertiary/aromatic N) is 2. The number of hydrogen-bond acceptors (Lipinski definition) is 5. The first-order valence-electron chi connectivity index (χ1n) is 5.66. The van der Waals surface area contributed by atoms with Crippen molar-refractivity contribution in [1.82, 2.24) is 10.1 Å². The van der Waals surface area contributed by atoms with Crippen LogP contribution in [0.25, 0.3) is 11.4 Å². The number of methoxy groups -OCH3 is 1. The summed E-state index contributed by atoms with van der Waals surface area (Å²) >= 11 is 3.43. The fraction of sp³-hybridized carbons (Fsp3) is 0.333. The molecule has 2 rings (SSSR count). The molecule has 0 bridgehead atoms. The van der Waals surface area contributed by atoms with Gasteiger partial charge in [0.1, 0.15) is 5.75 Å². The Hall–Kier alpha value is -1.56. The molecular formula is C12H14BrN3O2. The molecule has 0 aliphatic carbocycles. The molecule has 6 heteroatoms. The van der Waals surface area contributed by atoms with Gasteiger partial charge < -0.3 is 14.6 Å². The first kappa shape index (κ1) is 12.9. The van der Waals surface area contributed by atoms with Crippen LogP contribution in [0.15, 0.2) is 27.2 Å². The van der Waals surface area contributed by atoms with Gasteiger partial charge in [0.2, 0.25) is 5.82 Å². The Labute approximate surface area is 114 Å². The minimum atomic E-state index is 0.443. The Morgan fingerprint density at radius 3 is 2.94 bits per heavy atom. The van der Waals surface area contributed by atoms with Crippen molar-refractivity contribution in [2.24, 2.45) is 0 Å². The van der Waals surface area contributed by atoms with E-state index in [0.29, 0.717) is 11.8 Å². The van der Waals surface area contributed by atoms with Crippen LogP contribution in [0.1, 0.15) is 13.3 Å². The summed E-state index contributed by atoms with van der Waals surface area (Å²) in [6.45, 7) is 2.89. The van der Waals surface area contributed by atoms with Crippen molar-refractivity contribution in [2.75, 3.05) is 19.0 Å². The van der Waals surface area contributed by atoms with Gasteiger partial charge in [-0.2, -0.15) is 4.98 Å². The van der Waals surface area contributed by atoms with E-state index in [9.17, 15) is 0 Å². The summed E-state index contributed by atoms with van der Waals surface area (Å²) < 4.78 is 11.1. The summed E-state index contributed by atoms with van der Waals surface area (Å²) in [7, 11) is 1.63. The summed E-state index contributed by atoms with van der Waals surface area (Å²) in [5.41, 5.74) is 0.871. The van der Waals surface area contributed by atoms with Crippen LogP contribution in [-0.2, 0) is 0 Å². The lowest BCUT2D eigenvalue weighted by molar-refractivity contribution is 0.412. The van der Waals surface area contributed by atoms with Gasteiger partial charge in [-0.1, -0.05) is 12.1 Å². The quantitative estimate of drug-likeness (QED) is 0.917. The van der Waals surface area contributed by atoms with Gasteiger partial charge in [-0.3, -0.25) is 0 Å². The Bertz CT molecular complexity index is 528. The van der Waals surface area contributed by atoms with Crippen molar-refractivity contribution in [3.63, 3.8) is 0 Å². The Morgan fingerprint density at radius 2 is 2.28 bits per heavy atom. The molecule has 5 nitrogen and oxygen atoms in total. The predicted molar refractivity (Wildman–Crippen MR) is 72.8 cm³/mol. The van der Waals surface area contributed by atoms with E-state index in [2.05, 4.69) is 38.3 Å². The molecule has 96 valence electrons.